The van der Waals surface area contributed by atoms with Crippen molar-refractivity contribution in [1.29, 1.82) is 0 Å². The van der Waals surface area contributed by atoms with Gasteiger partial charge in [-0.1, -0.05) is 157 Å². The van der Waals surface area contributed by atoms with Gasteiger partial charge in [0.15, 0.2) is 0 Å². The summed E-state index contributed by atoms with van der Waals surface area (Å²) in [6.07, 6.45) is 0. The lowest BCUT2D eigenvalue weighted by Gasteiger charge is -2.21. The molecule has 0 saturated heterocycles. The predicted molar refractivity (Wildman–Crippen MR) is 234 cm³/mol. The molecule has 2 aliphatic rings. The van der Waals surface area contributed by atoms with Crippen molar-refractivity contribution in [2.75, 3.05) is 0 Å². The maximum absolute atomic E-state index is 6.94. The molecule has 0 spiro atoms. The molecule has 0 saturated carbocycles. The molecule has 2 heteroatoms. The summed E-state index contributed by atoms with van der Waals surface area (Å²) in [5, 5.41) is 10.8. The number of benzene rings is 10. The Morgan fingerprint density at radius 3 is 1.35 bits per heavy atom. The third kappa shape index (κ3) is 4.09. The average Bonchev–Trinajstić information content (AvgIpc) is 3.71. The third-order valence-corrected chi connectivity index (χ3v) is 13.0. The molecule has 0 radical (unpaired) electrons. The van der Waals surface area contributed by atoms with E-state index >= 15 is 0 Å². The highest BCUT2D eigenvalue weighted by Gasteiger charge is 2.32. The normalized spacial score (nSPS) is 12.3. The summed E-state index contributed by atoms with van der Waals surface area (Å²) in [7, 11) is 0. The van der Waals surface area contributed by atoms with Gasteiger partial charge in [0.25, 0.3) is 0 Å². The van der Waals surface area contributed by atoms with Crippen LogP contribution in [-0.2, 0) is 0 Å². The predicted octanol–water partition coefficient (Wildman–Crippen LogP) is 16.0. The minimum atomic E-state index is 0.706. The lowest BCUT2D eigenvalue weighted by Crippen LogP contribution is -1.94. The second-order valence-electron chi connectivity index (χ2n) is 14.6. The molecule has 12 rings (SSSR count). The highest BCUT2D eigenvalue weighted by molar-refractivity contribution is 9.10. The molecule has 250 valence electrons. The van der Waals surface area contributed by atoms with Crippen molar-refractivity contribution < 1.29 is 0 Å². The summed E-state index contributed by atoms with van der Waals surface area (Å²) in [6, 6.07) is 62.7. The molecule has 10 aromatic rings. The van der Waals surface area contributed by atoms with Crippen molar-refractivity contribution >= 4 is 70.6 Å². The molecular formula is C52H28BrCl. The van der Waals surface area contributed by atoms with Crippen LogP contribution in [0.1, 0.15) is 0 Å². The van der Waals surface area contributed by atoms with E-state index in [1.54, 1.807) is 0 Å². The summed E-state index contributed by atoms with van der Waals surface area (Å²) >= 11 is 10.7. The van der Waals surface area contributed by atoms with E-state index < -0.39 is 0 Å². The second-order valence-corrected chi connectivity index (χ2v) is 15.8. The molecule has 10 aromatic carbocycles. The Morgan fingerprint density at radius 1 is 0.315 bits per heavy atom. The van der Waals surface area contributed by atoms with Gasteiger partial charge in [0.05, 0.1) is 5.02 Å². The van der Waals surface area contributed by atoms with Crippen molar-refractivity contribution in [3.8, 4) is 77.9 Å². The lowest BCUT2D eigenvalue weighted by molar-refractivity contribution is 1.61. The van der Waals surface area contributed by atoms with Gasteiger partial charge < -0.3 is 0 Å². The van der Waals surface area contributed by atoms with Crippen LogP contribution in [0.2, 0.25) is 5.02 Å². The zero-order valence-corrected chi connectivity index (χ0v) is 31.3. The van der Waals surface area contributed by atoms with Crippen LogP contribution >= 0.6 is 27.5 Å². The summed E-state index contributed by atoms with van der Waals surface area (Å²) in [5.41, 5.74) is 17.7. The fraction of sp³-hybridized carbons (Fsp3) is 0. The van der Waals surface area contributed by atoms with E-state index in [1.165, 1.54) is 116 Å². The fourth-order valence-corrected chi connectivity index (χ4v) is 10.2. The minimum absolute atomic E-state index is 0.706. The summed E-state index contributed by atoms with van der Waals surface area (Å²) in [5.74, 6) is 0. The van der Waals surface area contributed by atoms with Crippen LogP contribution in [0.4, 0.5) is 0 Å². The summed E-state index contributed by atoms with van der Waals surface area (Å²) in [6.45, 7) is 0. The van der Waals surface area contributed by atoms with E-state index in [0.717, 1.165) is 9.86 Å². The number of halogens is 2. The maximum atomic E-state index is 6.94. The smallest absolute Gasteiger partial charge is 0.0554 e. The maximum Gasteiger partial charge on any atom is 0.0554 e. The van der Waals surface area contributed by atoms with Gasteiger partial charge in [0, 0.05) is 4.47 Å². The molecule has 0 heterocycles. The molecule has 54 heavy (non-hydrogen) atoms. The highest BCUT2D eigenvalue weighted by atomic mass is 79.9. The second kappa shape index (κ2) is 11.3. The Balaban J connectivity index is 1.17. The number of hydrogen-bond acceptors (Lipinski definition) is 0. The monoisotopic (exact) mass is 766 g/mol. The van der Waals surface area contributed by atoms with E-state index in [9.17, 15) is 0 Å². The summed E-state index contributed by atoms with van der Waals surface area (Å²) < 4.78 is 0.895. The minimum Gasteiger partial charge on any atom is -0.0831 e. The van der Waals surface area contributed by atoms with Gasteiger partial charge >= 0.3 is 0 Å². The summed E-state index contributed by atoms with van der Waals surface area (Å²) in [4.78, 5) is 0. The molecular weight excluding hydrogens is 740 g/mol. The SMILES string of the molecule is Clc1cc2c(-c3ccccc3)c3c(c(-c4ccccc4)c2cc1Br)-c1ccc(-c2ccc4c5c(cccc25)-c2cc5ccccc5cc2-4)c2cccc-3c12. The quantitative estimate of drug-likeness (QED) is 0.168. The number of rotatable bonds is 3. The fourth-order valence-electron chi connectivity index (χ4n) is 9.66. The van der Waals surface area contributed by atoms with Crippen molar-refractivity contribution in [2.24, 2.45) is 0 Å². The Hall–Kier alpha value is -5.99. The molecule has 0 aromatic heterocycles. The lowest BCUT2D eigenvalue weighted by atomic mass is 9.82. The van der Waals surface area contributed by atoms with Crippen LogP contribution in [0.3, 0.4) is 0 Å². The van der Waals surface area contributed by atoms with Gasteiger partial charge in [0.1, 0.15) is 0 Å². The molecule has 2 aliphatic carbocycles. The largest absolute Gasteiger partial charge is 0.0831 e. The molecule has 0 nitrogen and oxygen atoms in total. The number of fused-ring (bicyclic) bond motifs is 8. The first kappa shape index (κ1) is 30.5. The van der Waals surface area contributed by atoms with Crippen molar-refractivity contribution in [3.63, 3.8) is 0 Å². The first-order chi connectivity index (χ1) is 26.6. The van der Waals surface area contributed by atoms with Crippen LogP contribution in [0, 0.1) is 0 Å². The van der Waals surface area contributed by atoms with E-state index in [4.69, 9.17) is 11.6 Å². The van der Waals surface area contributed by atoms with Crippen LogP contribution < -0.4 is 0 Å². The molecule has 0 bridgehead atoms. The van der Waals surface area contributed by atoms with Gasteiger partial charge in [-0.05, 0) is 161 Å². The first-order valence-electron chi connectivity index (χ1n) is 18.4. The van der Waals surface area contributed by atoms with Crippen molar-refractivity contribution in [2.45, 2.75) is 0 Å². The third-order valence-electron chi connectivity index (χ3n) is 11.9. The van der Waals surface area contributed by atoms with Crippen molar-refractivity contribution in [3.05, 3.63) is 179 Å². The van der Waals surface area contributed by atoms with E-state index in [2.05, 4.69) is 186 Å². The molecule has 0 fully saturated rings. The van der Waals surface area contributed by atoms with Crippen LogP contribution in [0.15, 0.2) is 174 Å². The van der Waals surface area contributed by atoms with Gasteiger partial charge in [-0.15, -0.1) is 0 Å². The van der Waals surface area contributed by atoms with E-state index in [-0.39, 0.29) is 0 Å². The van der Waals surface area contributed by atoms with E-state index in [1.807, 2.05) is 0 Å². The first-order valence-corrected chi connectivity index (χ1v) is 19.6. The van der Waals surface area contributed by atoms with Gasteiger partial charge in [0.2, 0.25) is 0 Å². The molecule has 0 unspecified atom stereocenters. The topological polar surface area (TPSA) is 0 Å². The van der Waals surface area contributed by atoms with Gasteiger partial charge in [-0.25, -0.2) is 0 Å². The Morgan fingerprint density at radius 2 is 0.759 bits per heavy atom. The van der Waals surface area contributed by atoms with Gasteiger partial charge in [-0.2, -0.15) is 0 Å². The molecule has 0 amide bonds. The zero-order chi connectivity index (χ0) is 35.7. The van der Waals surface area contributed by atoms with Gasteiger partial charge in [-0.3, -0.25) is 0 Å². The van der Waals surface area contributed by atoms with Crippen LogP contribution in [-0.4, -0.2) is 0 Å². The number of hydrogen-bond donors (Lipinski definition) is 0. The Bertz CT molecular complexity index is 3120. The standard InChI is InChI=1S/C52H28BrCl/c53-45-27-43-44(28-46(45)54)48(30-13-5-2-6-14-30)51-39-20-10-18-36-34(22-24-40(50(36)39)52(51)47(43)29-11-3-1-4-12-29)33-21-23-38-42-26-32-16-8-7-15-31(32)25-41(42)37-19-9-17-35(33)49(37)38/h1-28H. The van der Waals surface area contributed by atoms with Crippen molar-refractivity contribution in [1.82, 2.24) is 0 Å². The Labute approximate surface area is 326 Å². The highest BCUT2D eigenvalue weighted by Crippen LogP contribution is 2.59. The average molecular weight is 768 g/mol. The van der Waals surface area contributed by atoms with Crippen LogP contribution in [0.25, 0.3) is 121 Å². The Kier molecular flexibility index (Phi) is 6.35. The molecule has 0 N–H and O–H groups in total. The molecule has 0 aliphatic heterocycles. The van der Waals surface area contributed by atoms with Crippen LogP contribution in [0.5, 0.6) is 0 Å². The molecule has 0 atom stereocenters. The van der Waals surface area contributed by atoms with E-state index in [0.29, 0.717) is 5.02 Å². The zero-order valence-electron chi connectivity index (χ0n) is 28.9.